The molecule has 4 rings (SSSR count). The molecular formula is C31H28N2O2. The predicted octanol–water partition coefficient (Wildman–Crippen LogP) is 6.92. The lowest BCUT2D eigenvalue weighted by Crippen LogP contribution is -2.27. The van der Waals surface area contributed by atoms with Crippen LogP contribution in [0, 0.1) is 6.92 Å². The Hall–Kier alpha value is -4.44. The number of para-hydroxylation sites is 1. The standard InChI is InChI=1S/C31H28N2O2/c1-4-9-24-10-5-8-13-29(24)33(3)31(35)25-18-20-26(21-19-25)32-30(34)28-12-7-6-11-27(28)23-16-14-22(2)15-17-23/h4-8,10-21H,1,9H2,2-3H3,(H,32,34). The SMILES string of the molecule is C=CCc1ccccc1N(C)C(=O)c1ccc(NC(=O)c2ccccc2-c2ccc(C)cc2)cc1. The second-order valence-corrected chi connectivity index (χ2v) is 8.43. The molecule has 0 aromatic heterocycles. The number of nitrogens with one attached hydrogen (secondary N) is 1. The van der Waals surface area contributed by atoms with Gasteiger partial charge in [0.1, 0.15) is 0 Å². The highest BCUT2D eigenvalue weighted by atomic mass is 16.2. The molecule has 4 nitrogen and oxygen atoms in total. The van der Waals surface area contributed by atoms with Gasteiger partial charge in [-0.3, -0.25) is 9.59 Å². The number of nitrogens with zero attached hydrogens (tertiary/aromatic N) is 1. The normalized spacial score (nSPS) is 10.5. The van der Waals surface area contributed by atoms with Crippen LogP contribution in [-0.4, -0.2) is 18.9 Å². The number of amides is 2. The average Bonchev–Trinajstić information content (AvgIpc) is 2.89. The zero-order valence-electron chi connectivity index (χ0n) is 20.0. The maximum atomic E-state index is 13.1. The Morgan fingerprint density at radius 3 is 2.23 bits per heavy atom. The lowest BCUT2D eigenvalue weighted by atomic mass is 9.98. The highest BCUT2D eigenvalue weighted by molar-refractivity contribution is 6.09. The summed E-state index contributed by atoms with van der Waals surface area (Å²) in [5.74, 6) is -0.320. The molecule has 0 atom stereocenters. The molecule has 4 aromatic rings. The third kappa shape index (κ3) is 5.39. The van der Waals surface area contributed by atoms with E-state index >= 15 is 0 Å². The third-order valence-electron chi connectivity index (χ3n) is 5.95. The number of aryl methyl sites for hydroxylation is 1. The van der Waals surface area contributed by atoms with E-state index in [9.17, 15) is 9.59 Å². The van der Waals surface area contributed by atoms with Crippen LogP contribution >= 0.6 is 0 Å². The molecule has 0 aliphatic rings. The molecule has 0 radical (unpaired) electrons. The van der Waals surface area contributed by atoms with Gasteiger partial charge in [0, 0.05) is 29.5 Å². The summed E-state index contributed by atoms with van der Waals surface area (Å²) in [7, 11) is 1.77. The quantitative estimate of drug-likeness (QED) is 0.304. The number of hydrogen-bond acceptors (Lipinski definition) is 2. The second kappa shape index (κ2) is 10.7. The Morgan fingerprint density at radius 2 is 1.51 bits per heavy atom. The number of allylic oxidation sites excluding steroid dienone is 1. The van der Waals surface area contributed by atoms with Crippen LogP contribution in [0.4, 0.5) is 11.4 Å². The molecule has 4 aromatic carbocycles. The summed E-state index contributed by atoms with van der Waals surface area (Å²) in [6.07, 6.45) is 2.51. The van der Waals surface area contributed by atoms with Crippen LogP contribution in [0.15, 0.2) is 110 Å². The maximum Gasteiger partial charge on any atom is 0.258 e. The molecule has 2 amide bonds. The van der Waals surface area contributed by atoms with Crippen molar-refractivity contribution in [3.63, 3.8) is 0 Å². The van der Waals surface area contributed by atoms with Crippen LogP contribution in [0.5, 0.6) is 0 Å². The van der Waals surface area contributed by atoms with Gasteiger partial charge in [-0.25, -0.2) is 0 Å². The van der Waals surface area contributed by atoms with Gasteiger partial charge in [-0.1, -0.05) is 72.3 Å². The van der Waals surface area contributed by atoms with E-state index in [0.29, 0.717) is 23.2 Å². The molecule has 0 saturated heterocycles. The van der Waals surface area contributed by atoms with Gasteiger partial charge in [0.15, 0.2) is 0 Å². The summed E-state index contributed by atoms with van der Waals surface area (Å²) < 4.78 is 0. The van der Waals surface area contributed by atoms with Gasteiger partial charge in [0.25, 0.3) is 11.8 Å². The molecule has 0 aliphatic heterocycles. The summed E-state index contributed by atoms with van der Waals surface area (Å²) in [6, 6.07) is 30.4. The molecular weight excluding hydrogens is 432 g/mol. The summed E-state index contributed by atoms with van der Waals surface area (Å²) in [6.45, 7) is 5.84. The van der Waals surface area contributed by atoms with E-state index in [-0.39, 0.29) is 11.8 Å². The van der Waals surface area contributed by atoms with Gasteiger partial charge in [0.05, 0.1) is 0 Å². The smallest absolute Gasteiger partial charge is 0.258 e. The van der Waals surface area contributed by atoms with Crippen molar-refractivity contribution >= 4 is 23.2 Å². The van der Waals surface area contributed by atoms with E-state index in [2.05, 4.69) is 11.9 Å². The largest absolute Gasteiger partial charge is 0.322 e. The van der Waals surface area contributed by atoms with Crippen LogP contribution in [0.1, 0.15) is 31.8 Å². The molecule has 0 unspecified atom stereocenters. The maximum absolute atomic E-state index is 13.1. The molecule has 0 aliphatic carbocycles. The van der Waals surface area contributed by atoms with Crippen LogP contribution in [0.25, 0.3) is 11.1 Å². The molecule has 35 heavy (non-hydrogen) atoms. The summed E-state index contributed by atoms with van der Waals surface area (Å²) in [4.78, 5) is 27.8. The average molecular weight is 461 g/mol. The summed E-state index contributed by atoms with van der Waals surface area (Å²) >= 11 is 0. The van der Waals surface area contributed by atoms with E-state index in [1.54, 1.807) is 36.2 Å². The second-order valence-electron chi connectivity index (χ2n) is 8.43. The molecule has 4 heteroatoms. The van der Waals surface area contributed by atoms with E-state index < -0.39 is 0 Å². The predicted molar refractivity (Wildman–Crippen MR) is 144 cm³/mol. The van der Waals surface area contributed by atoms with Gasteiger partial charge in [0.2, 0.25) is 0 Å². The first-order valence-electron chi connectivity index (χ1n) is 11.5. The van der Waals surface area contributed by atoms with Gasteiger partial charge < -0.3 is 10.2 Å². The van der Waals surface area contributed by atoms with Crippen molar-refractivity contribution in [2.45, 2.75) is 13.3 Å². The number of benzene rings is 4. The molecule has 0 saturated carbocycles. The first-order chi connectivity index (χ1) is 17.0. The van der Waals surface area contributed by atoms with Crippen LogP contribution in [-0.2, 0) is 6.42 Å². The van der Waals surface area contributed by atoms with Gasteiger partial charge in [-0.05, 0) is 66.4 Å². The van der Waals surface area contributed by atoms with Crippen molar-refractivity contribution in [3.05, 3.63) is 132 Å². The minimum absolute atomic E-state index is 0.121. The minimum Gasteiger partial charge on any atom is -0.322 e. The van der Waals surface area contributed by atoms with Crippen LogP contribution < -0.4 is 10.2 Å². The molecule has 0 spiro atoms. The van der Waals surface area contributed by atoms with Gasteiger partial charge >= 0.3 is 0 Å². The monoisotopic (exact) mass is 460 g/mol. The first kappa shape index (κ1) is 23.7. The fourth-order valence-corrected chi connectivity index (χ4v) is 4.03. The first-order valence-corrected chi connectivity index (χ1v) is 11.5. The van der Waals surface area contributed by atoms with Crippen molar-refractivity contribution in [1.29, 1.82) is 0 Å². The van der Waals surface area contributed by atoms with Crippen molar-refractivity contribution in [2.24, 2.45) is 0 Å². The van der Waals surface area contributed by atoms with Crippen LogP contribution in [0.3, 0.4) is 0 Å². The third-order valence-corrected chi connectivity index (χ3v) is 5.95. The molecule has 0 bridgehead atoms. The van der Waals surface area contributed by atoms with Crippen LogP contribution in [0.2, 0.25) is 0 Å². The summed E-state index contributed by atoms with van der Waals surface area (Å²) in [5, 5.41) is 2.96. The number of carbonyl (C=O) groups excluding carboxylic acids is 2. The number of carbonyl (C=O) groups is 2. The molecule has 1 N–H and O–H groups in total. The Bertz CT molecular complexity index is 1360. The molecule has 0 heterocycles. The zero-order chi connectivity index (χ0) is 24.8. The Labute approximate surface area is 206 Å². The van der Waals surface area contributed by atoms with Crippen molar-refractivity contribution in [2.75, 3.05) is 17.3 Å². The minimum atomic E-state index is -0.198. The van der Waals surface area contributed by atoms with Gasteiger partial charge in [-0.15, -0.1) is 6.58 Å². The topological polar surface area (TPSA) is 49.4 Å². The summed E-state index contributed by atoms with van der Waals surface area (Å²) in [5.41, 5.74) is 6.67. The fourth-order valence-electron chi connectivity index (χ4n) is 4.03. The highest BCUT2D eigenvalue weighted by Crippen LogP contribution is 2.26. The Kier molecular flexibility index (Phi) is 7.22. The number of rotatable bonds is 7. The zero-order valence-corrected chi connectivity index (χ0v) is 20.0. The van der Waals surface area contributed by atoms with E-state index in [0.717, 1.165) is 22.4 Å². The Balaban J connectivity index is 1.51. The van der Waals surface area contributed by atoms with E-state index in [4.69, 9.17) is 0 Å². The molecule has 0 fully saturated rings. The van der Waals surface area contributed by atoms with Crippen molar-refractivity contribution in [3.8, 4) is 11.1 Å². The lowest BCUT2D eigenvalue weighted by molar-refractivity contribution is 0.0991. The van der Waals surface area contributed by atoms with E-state index in [1.165, 1.54) is 5.56 Å². The fraction of sp³-hybridized carbons (Fsp3) is 0.0968. The Morgan fingerprint density at radius 1 is 0.857 bits per heavy atom. The van der Waals surface area contributed by atoms with Gasteiger partial charge in [-0.2, -0.15) is 0 Å². The number of hydrogen-bond donors (Lipinski definition) is 1. The number of anilines is 2. The van der Waals surface area contributed by atoms with E-state index in [1.807, 2.05) is 85.8 Å². The van der Waals surface area contributed by atoms with Crippen molar-refractivity contribution < 1.29 is 9.59 Å². The molecule has 174 valence electrons. The highest BCUT2D eigenvalue weighted by Gasteiger charge is 2.17. The van der Waals surface area contributed by atoms with Crippen molar-refractivity contribution in [1.82, 2.24) is 0 Å². The lowest BCUT2D eigenvalue weighted by Gasteiger charge is -2.20.